The van der Waals surface area contributed by atoms with Crippen LogP contribution in [0.25, 0.3) is 0 Å². The van der Waals surface area contributed by atoms with Gasteiger partial charge >= 0.3 is 0 Å². The minimum absolute atomic E-state index is 0.0469. The molecule has 128 valence electrons. The molecule has 24 heavy (non-hydrogen) atoms. The predicted octanol–water partition coefficient (Wildman–Crippen LogP) is 3.73. The standard InChI is InChI=1S/C20H25NO3/c1-3-23-18-12-10-17(14-19(18)24-4-2)15-21-20(22)13-11-16-8-6-5-7-9-16/h5-10,12,14H,3-4,11,13,15H2,1-2H3,(H,21,22). The zero-order chi connectivity index (χ0) is 17.2. The van der Waals surface area contributed by atoms with Crippen LogP contribution in [-0.2, 0) is 17.8 Å². The van der Waals surface area contributed by atoms with E-state index in [2.05, 4.69) is 5.32 Å². The minimum atomic E-state index is 0.0469. The van der Waals surface area contributed by atoms with E-state index in [1.807, 2.05) is 62.4 Å². The van der Waals surface area contributed by atoms with Crippen LogP contribution in [0.5, 0.6) is 11.5 Å². The van der Waals surface area contributed by atoms with Crippen molar-refractivity contribution in [3.8, 4) is 11.5 Å². The van der Waals surface area contributed by atoms with Crippen molar-refractivity contribution in [2.75, 3.05) is 13.2 Å². The van der Waals surface area contributed by atoms with Crippen molar-refractivity contribution in [2.45, 2.75) is 33.2 Å². The number of aryl methyl sites for hydroxylation is 1. The Morgan fingerprint density at radius 3 is 2.33 bits per heavy atom. The zero-order valence-electron chi connectivity index (χ0n) is 14.4. The van der Waals surface area contributed by atoms with Gasteiger partial charge in [0.2, 0.25) is 5.91 Å². The molecule has 0 radical (unpaired) electrons. The van der Waals surface area contributed by atoms with Gasteiger partial charge in [-0.2, -0.15) is 0 Å². The number of carbonyl (C=O) groups excluding carboxylic acids is 1. The van der Waals surface area contributed by atoms with E-state index in [1.165, 1.54) is 5.56 Å². The van der Waals surface area contributed by atoms with Crippen molar-refractivity contribution in [3.63, 3.8) is 0 Å². The summed E-state index contributed by atoms with van der Waals surface area (Å²) in [6, 6.07) is 15.8. The first-order valence-corrected chi connectivity index (χ1v) is 8.42. The van der Waals surface area contributed by atoms with Crippen molar-refractivity contribution in [1.29, 1.82) is 0 Å². The maximum atomic E-state index is 12.0. The Hall–Kier alpha value is -2.49. The molecule has 4 nitrogen and oxygen atoms in total. The van der Waals surface area contributed by atoms with E-state index in [9.17, 15) is 4.79 Å². The molecule has 0 atom stereocenters. The number of rotatable bonds is 9. The fourth-order valence-corrected chi connectivity index (χ4v) is 2.40. The van der Waals surface area contributed by atoms with Crippen molar-refractivity contribution in [3.05, 3.63) is 59.7 Å². The molecule has 0 aliphatic heterocycles. The predicted molar refractivity (Wildman–Crippen MR) is 95.4 cm³/mol. The second-order valence-corrected chi connectivity index (χ2v) is 5.41. The zero-order valence-corrected chi connectivity index (χ0v) is 14.4. The Balaban J connectivity index is 1.86. The lowest BCUT2D eigenvalue weighted by atomic mass is 10.1. The molecule has 0 aliphatic rings. The number of nitrogens with one attached hydrogen (secondary N) is 1. The molecule has 4 heteroatoms. The first-order valence-electron chi connectivity index (χ1n) is 8.42. The van der Waals surface area contributed by atoms with Gasteiger partial charge in [-0.3, -0.25) is 4.79 Å². The fraction of sp³-hybridized carbons (Fsp3) is 0.350. The normalized spacial score (nSPS) is 10.2. The molecule has 1 N–H and O–H groups in total. The van der Waals surface area contributed by atoms with Crippen LogP contribution >= 0.6 is 0 Å². The van der Waals surface area contributed by atoms with Gasteiger partial charge < -0.3 is 14.8 Å². The Morgan fingerprint density at radius 1 is 0.917 bits per heavy atom. The van der Waals surface area contributed by atoms with E-state index >= 15 is 0 Å². The van der Waals surface area contributed by atoms with E-state index in [4.69, 9.17) is 9.47 Å². The first kappa shape index (κ1) is 17.9. The maximum Gasteiger partial charge on any atom is 0.220 e. The molecule has 0 saturated carbocycles. The third-order valence-electron chi connectivity index (χ3n) is 3.58. The van der Waals surface area contributed by atoms with Gasteiger partial charge in [0, 0.05) is 13.0 Å². The molecule has 0 unspecified atom stereocenters. The Morgan fingerprint density at radius 2 is 1.62 bits per heavy atom. The van der Waals surface area contributed by atoms with E-state index in [0.717, 1.165) is 23.5 Å². The lowest BCUT2D eigenvalue weighted by molar-refractivity contribution is -0.121. The number of amides is 1. The maximum absolute atomic E-state index is 12.0. The highest BCUT2D eigenvalue weighted by atomic mass is 16.5. The summed E-state index contributed by atoms with van der Waals surface area (Å²) in [6.45, 7) is 5.53. The second-order valence-electron chi connectivity index (χ2n) is 5.41. The quantitative estimate of drug-likeness (QED) is 0.763. The molecule has 0 fully saturated rings. The summed E-state index contributed by atoms with van der Waals surface area (Å²) in [4.78, 5) is 12.0. The van der Waals surface area contributed by atoms with Gasteiger partial charge in [0.25, 0.3) is 0 Å². The van der Waals surface area contributed by atoms with Gasteiger partial charge in [0.15, 0.2) is 11.5 Å². The summed E-state index contributed by atoms with van der Waals surface area (Å²) < 4.78 is 11.2. The van der Waals surface area contributed by atoms with Crippen LogP contribution in [0, 0.1) is 0 Å². The molecule has 1 amide bonds. The SMILES string of the molecule is CCOc1ccc(CNC(=O)CCc2ccccc2)cc1OCC. The van der Waals surface area contributed by atoms with Crippen LogP contribution in [0.4, 0.5) is 0 Å². The average Bonchev–Trinajstić information content (AvgIpc) is 2.61. The number of ether oxygens (including phenoxy) is 2. The molecule has 0 spiro atoms. The summed E-state index contributed by atoms with van der Waals surface area (Å²) in [5.41, 5.74) is 2.17. The van der Waals surface area contributed by atoms with Gasteiger partial charge in [-0.15, -0.1) is 0 Å². The summed E-state index contributed by atoms with van der Waals surface area (Å²) >= 11 is 0. The van der Waals surface area contributed by atoms with Gasteiger partial charge in [0.1, 0.15) is 0 Å². The molecule has 2 aromatic rings. The fourth-order valence-electron chi connectivity index (χ4n) is 2.40. The second kappa shape index (κ2) is 9.60. The van der Waals surface area contributed by atoms with Crippen molar-refractivity contribution in [2.24, 2.45) is 0 Å². The number of hydrogen-bond donors (Lipinski definition) is 1. The van der Waals surface area contributed by atoms with Crippen molar-refractivity contribution >= 4 is 5.91 Å². The lowest BCUT2D eigenvalue weighted by Gasteiger charge is -2.13. The summed E-state index contributed by atoms with van der Waals surface area (Å²) in [5, 5.41) is 2.95. The summed E-state index contributed by atoms with van der Waals surface area (Å²) in [6.07, 6.45) is 1.24. The van der Waals surface area contributed by atoms with Gasteiger partial charge in [-0.1, -0.05) is 36.4 Å². The molecule has 0 bridgehead atoms. The van der Waals surface area contributed by atoms with Crippen molar-refractivity contribution in [1.82, 2.24) is 5.32 Å². The minimum Gasteiger partial charge on any atom is -0.490 e. The topological polar surface area (TPSA) is 47.6 Å². The Kier molecular flexibility index (Phi) is 7.15. The highest BCUT2D eigenvalue weighted by molar-refractivity contribution is 5.76. The summed E-state index contributed by atoms with van der Waals surface area (Å²) in [7, 11) is 0. The van der Waals surface area contributed by atoms with Gasteiger partial charge in [-0.25, -0.2) is 0 Å². The van der Waals surface area contributed by atoms with Crippen LogP contribution in [0.3, 0.4) is 0 Å². The molecule has 2 aromatic carbocycles. The molecule has 0 saturated heterocycles. The highest BCUT2D eigenvalue weighted by Gasteiger charge is 2.07. The Bertz CT molecular complexity index is 641. The van der Waals surface area contributed by atoms with Crippen LogP contribution < -0.4 is 14.8 Å². The number of hydrogen-bond acceptors (Lipinski definition) is 3. The monoisotopic (exact) mass is 327 g/mol. The highest BCUT2D eigenvalue weighted by Crippen LogP contribution is 2.28. The first-order chi connectivity index (χ1) is 11.7. The van der Waals surface area contributed by atoms with Gasteiger partial charge in [0.05, 0.1) is 13.2 Å². The van der Waals surface area contributed by atoms with Crippen LogP contribution in [0.1, 0.15) is 31.4 Å². The third kappa shape index (κ3) is 5.61. The van der Waals surface area contributed by atoms with E-state index in [-0.39, 0.29) is 5.91 Å². The van der Waals surface area contributed by atoms with Crippen LogP contribution in [0.15, 0.2) is 48.5 Å². The molecule has 2 rings (SSSR count). The molecular weight excluding hydrogens is 302 g/mol. The smallest absolute Gasteiger partial charge is 0.220 e. The van der Waals surface area contributed by atoms with Gasteiger partial charge in [-0.05, 0) is 43.5 Å². The van der Waals surface area contributed by atoms with E-state index in [1.54, 1.807) is 0 Å². The lowest BCUT2D eigenvalue weighted by Crippen LogP contribution is -2.23. The largest absolute Gasteiger partial charge is 0.490 e. The molecule has 0 aromatic heterocycles. The van der Waals surface area contributed by atoms with E-state index < -0.39 is 0 Å². The van der Waals surface area contributed by atoms with Crippen LogP contribution in [0.2, 0.25) is 0 Å². The molecular formula is C20H25NO3. The Labute approximate surface area is 143 Å². The molecule has 0 aliphatic carbocycles. The van der Waals surface area contributed by atoms with Crippen molar-refractivity contribution < 1.29 is 14.3 Å². The molecule has 0 heterocycles. The summed E-state index contributed by atoms with van der Waals surface area (Å²) in [5.74, 6) is 1.50. The average molecular weight is 327 g/mol. The third-order valence-corrected chi connectivity index (χ3v) is 3.58. The number of carbonyl (C=O) groups is 1. The van der Waals surface area contributed by atoms with E-state index in [0.29, 0.717) is 26.2 Å². The van der Waals surface area contributed by atoms with Crippen LogP contribution in [-0.4, -0.2) is 19.1 Å². The number of benzene rings is 2.